The topological polar surface area (TPSA) is 53.9 Å². The number of hydrogen-bond acceptors (Lipinski definition) is 3. The van der Waals surface area contributed by atoms with Crippen molar-refractivity contribution in [2.45, 2.75) is 43.5 Å². The van der Waals surface area contributed by atoms with Crippen molar-refractivity contribution in [2.75, 3.05) is 36.8 Å². The smallest absolute Gasteiger partial charge is 0.237 e. The average Bonchev–Trinajstić information content (AvgIpc) is 2.63. The third-order valence-electron chi connectivity index (χ3n) is 5.03. The van der Waals surface area contributed by atoms with E-state index in [0.29, 0.717) is 24.8 Å². The molecule has 0 aromatic heterocycles. The van der Waals surface area contributed by atoms with E-state index in [0.717, 1.165) is 36.5 Å². The molecule has 2 heterocycles. The molecule has 25 heavy (non-hydrogen) atoms. The first kappa shape index (κ1) is 18.3. The summed E-state index contributed by atoms with van der Waals surface area (Å²) in [7, 11) is 0. The molecule has 0 aliphatic carbocycles. The van der Waals surface area contributed by atoms with E-state index in [-0.39, 0.29) is 11.8 Å². The number of benzene rings is 1. The second kappa shape index (κ2) is 8.72. The molecule has 1 aromatic carbocycles. The van der Waals surface area contributed by atoms with E-state index in [2.05, 4.69) is 12.2 Å². The summed E-state index contributed by atoms with van der Waals surface area (Å²) in [5, 5.41) is 3.16. The fourth-order valence-electron chi connectivity index (χ4n) is 3.69. The third-order valence-corrected chi connectivity index (χ3v) is 6.08. The molecule has 136 valence electrons. The predicted molar refractivity (Wildman–Crippen MR) is 101 cm³/mol. The molecule has 2 amide bonds. The molecule has 1 aromatic rings. The monoisotopic (exact) mass is 362 g/mol. The quantitative estimate of drug-likeness (QED) is 0.797. The van der Waals surface area contributed by atoms with Gasteiger partial charge in [0.2, 0.25) is 11.8 Å². The van der Waals surface area contributed by atoms with Gasteiger partial charge in [0, 0.05) is 36.7 Å². The van der Waals surface area contributed by atoms with Crippen molar-refractivity contribution in [1.82, 2.24) is 5.32 Å². The number of hydrogen-bond donors (Lipinski definition) is 2. The van der Waals surface area contributed by atoms with Crippen molar-refractivity contribution in [3.63, 3.8) is 0 Å². The van der Waals surface area contributed by atoms with Crippen molar-refractivity contribution in [3.05, 3.63) is 24.3 Å². The number of amides is 2. The van der Waals surface area contributed by atoms with Gasteiger partial charge in [0.05, 0.1) is 31.1 Å². The minimum Gasteiger partial charge on any atom is -0.353 e. The lowest BCUT2D eigenvalue weighted by atomic mass is 10.0. The second-order valence-corrected chi connectivity index (χ2v) is 7.91. The van der Waals surface area contributed by atoms with Crippen LogP contribution in [0.25, 0.3) is 0 Å². The highest BCUT2D eigenvalue weighted by Crippen LogP contribution is 2.34. The molecular weight excluding hydrogens is 334 g/mol. The van der Waals surface area contributed by atoms with Gasteiger partial charge in [-0.05, 0) is 18.6 Å². The lowest BCUT2D eigenvalue weighted by Crippen LogP contribution is -3.13. The van der Waals surface area contributed by atoms with Gasteiger partial charge < -0.3 is 15.1 Å². The summed E-state index contributed by atoms with van der Waals surface area (Å²) in [6, 6.07) is 8.22. The molecule has 0 atom stereocenters. The highest BCUT2D eigenvalue weighted by atomic mass is 32.2. The van der Waals surface area contributed by atoms with Crippen molar-refractivity contribution in [1.29, 1.82) is 0 Å². The zero-order valence-corrected chi connectivity index (χ0v) is 15.7. The number of rotatable bonds is 6. The van der Waals surface area contributed by atoms with Crippen LogP contribution in [-0.4, -0.2) is 49.8 Å². The maximum atomic E-state index is 12.3. The summed E-state index contributed by atoms with van der Waals surface area (Å²) in [5.41, 5.74) is 0.938. The number of nitrogens with zero attached hydrogens (tertiary/aromatic N) is 1. The number of fused-ring (bicyclic) bond motifs is 1. The highest BCUT2D eigenvalue weighted by Gasteiger charge is 2.26. The molecule has 0 bridgehead atoms. The van der Waals surface area contributed by atoms with Crippen LogP contribution in [0.4, 0.5) is 5.69 Å². The number of quaternary nitrogens is 1. The van der Waals surface area contributed by atoms with Crippen LogP contribution in [0.2, 0.25) is 0 Å². The van der Waals surface area contributed by atoms with Crippen LogP contribution in [0.1, 0.15) is 32.6 Å². The number of carbonyl (C=O) groups is 2. The predicted octanol–water partition coefficient (Wildman–Crippen LogP) is 1.09. The molecule has 0 unspecified atom stereocenters. The number of para-hydroxylation sites is 1. The van der Waals surface area contributed by atoms with E-state index in [4.69, 9.17) is 0 Å². The molecule has 2 aliphatic rings. The number of piperidine rings is 1. The van der Waals surface area contributed by atoms with Gasteiger partial charge in [-0.25, -0.2) is 0 Å². The SMILES string of the molecule is CCC[NH+]1CCC(NC(=O)CCN2C(=O)CSc3ccccc32)CC1. The van der Waals surface area contributed by atoms with E-state index < -0.39 is 0 Å². The van der Waals surface area contributed by atoms with Gasteiger partial charge in [0.1, 0.15) is 0 Å². The average molecular weight is 363 g/mol. The van der Waals surface area contributed by atoms with Gasteiger partial charge in [-0.3, -0.25) is 9.59 Å². The molecule has 0 saturated carbocycles. The van der Waals surface area contributed by atoms with Crippen molar-refractivity contribution in [3.8, 4) is 0 Å². The van der Waals surface area contributed by atoms with Crippen molar-refractivity contribution >= 4 is 29.3 Å². The Morgan fingerprint density at radius 1 is 1.32 bits per heavy atom. The fourth-order valence-corrected chi connectivity index (χ4v) is 4.62. The van der Waals surface area contributed by atoms with Crippen LogP contribution < -0.4 is 15.1 Å². The Labute approximate surface area is 154 Å². The number of nitrogens with one attached hydrogen (secondary N) is 2. The second-order valence-electron chi connectivity index (χ2n) is 6.89. The Kier molecular flexibility index (Phi) is 6.37. The largest absolute Gasteiger partial charge is 0.353 e. The summed E-state index contributed by atoms with van der Waals surface area (Å²) in [5.74, 6) is 0.609. The third kappa shape index (κ3) is 4.76. The molecule has 0 spiro atoms. The van der Waals surface area contributed by atoms with E-state index in [1.54, 1.807) is 21.6 Å². The van der Waals surface area contributed by atoms with Gasteiger partial charge in [-0.1, -0.05) is 19.1 Å². The van der Waals surface area contributed by atoms with Crippen molar-refractivity contribution < 1.29 is 14.5 Å². The molecule has 5 nitrogen and oxygen atoms in total. The maximum absolute atomic E-state index is 12.3. The summed E-state index contributed by atoms with van der Waals surface area (Å²) in [6.07, 6.45) is 3.70. The van der Waals surface area contributed by atoms with E-state index in [9.17, 15) is 9.59 Å². The summed E-state index contributed by atoms with van der Waals surface area (Å²) in [4.78, 5) is 29.1. The first-order chi connectivity index (χ1) is 12.2. The number of anilines is 1. The fraction of sp³-hybridized carbons (Fsp3) is 0.579. The number of carbonyl (C=O) groups excluding carboxylic acids is 2. The van der Waals surface area contributed by atoms with Gasteiger partial charge in [-0.15, -0.1) is 11.8 Å². The molecule has 3 rings (SSSR count). The lowest BCUT2D eigenvalue weighted by Gasteiger charge is -2.30. The van der Waals surface area contributed by atoms with Crippen LogP contribution in [0, 0.1) is 0 Å². The molecule has 6 heteroatoms. The Bertz CT molecular complexity index is 614. The number of thioether (sulfide) groups is 1. The lowest BCUT2D eigenvalue weighted by molar-refractivity contribution is -0.905. The zero-order chi connectivity index (χ0) is 17.6. The number of likely N-dealkylation sites (tertiary alicyclic amines) is 1. The van der Waals surface area contributed by atoms with Crippen molar-refractivity contribution in [2.24, 2.45) is 0 Å². The van der Waals surface area contributed by atoms with Crippen LogP contribution in [0.15, 0.2) is 29.2 Å². The van der Waals surface area contributed by atoms with E-state index in [1.807, 2.05) is 24.3 Å². The Morgan fingerprint density at radius 3 is 2.84 bits per heavy atom. The molecule has 2 aliphatic heterocycles. The van der Waals surface area contributed by atoms with Crippen LogP contribution in [0.3, 0.4) is 0 Å². The zero-order valence-electron chi connectivity index (χ0n) is 14.9. The molecule has 0 radical (unpaired) electrons. The first-order valence-corrected chi connectivity index (χ1v) is 10.3. The highest BCUT2D eigenvalue weighted by molar-refractivity contribution is 8.00. The normalized spacial score (nSPS) is 23.2. The summed E-state index contributed by atoms with van der Waals surface area (Å²) < 4.78 is 0. The standard InChI is InChI=1S/C19H27N3O2S/c1-2-10-21-11-7-15(8-12-21)20-18(23)9-13-22-16-5-3-4-6-17(16)25-14-19(22)24/h3-6,15H,2,7-14H2,1H3,(H,20,23)/p+1. The molecule has 1 saturated heterocycles. The summed E-state index contributed by atoms with van der Waals surface area (Å²) >= 11 is 1.57. The maximum Gasteiger partial charge on any atom is 0.237 e. The van der Waals surface area contributed by atoms with Gasteiger partial charge in [0.15, 0.2) is 0 Å². The van der Waals surface area contributed by atoms with E-state index in [1.165, 1.54) is 13.0 Å². The Morgan fingerprint density at radius 2 is 2.08 bits per heavy atom. The van der Waals surface area contributed by atoms with Crippen LogP contribution in [-0.2, 0) is 9.59 Å². The molecule has 1 fully saturated rings. The molecular formula is C19H28N3O2S+. The van der Waals surface area contributed by atoms with Gasteiger partial charge >= 0.3 is 0 Å². The molecule has 2 N–H and O–H groups in total. The van der Waals surface area contributed by atoms with Gasteiger partial charge in [0.25, 0.3) is 0 Å². The summed E-state index contributed by atoms with van der Waals surface area (Å²) in [6.45, 7) is 6.21. The van der Waals surface area contributed by atoms with Crippen LogP contribution >= 0.6 is 11.8 Å². The Balaban J connectivity index is 1.47. The van der Waals surface area contributed by atoms with Crippen LogP contribution in [0.5, 0.6) is 0 Å². The minimum atomic E-state index is 0.0625. The first-order valence-electron chi connectivity index (χ1n) is 9.32. The van der Waals surface area contributed by atoms with E-state index >= 15 is 0 Å². The minimum absolute atomic E-state index is 0.0625. The van der Waals surface area contributed by atoms with Gasteiger partial charge in [-0.2, -0.15) is 0 Å². The Hall–Kier alpha value is -1.53.